The highest BCUT2D eigenvalue weighted by atomic mass is 15.1. The first-order valence-electron chi connectivity index (χ1n) is 10.3. The van der Waals surface area contributed by atoms with Crippen LogP contribution in [0.3, 0.4) is 0 Å². The van der Waals surface area contributed by atoms with E-state index in [0.29, 0.717) is 23.3 Å². The van der Waals surface area contributed by atoms with Crippen molar-refractivity contribution < 1.29 is 0 Å². The maximum atomic E-state index is 9.14. The molecule has 3 N–H and O–H groups in total. The molecule has 1 aliphatic heterocycles. The summed E-state index contributed by atoms with van der Waals surface area (Å²) in [5, 5.41) is 19.3. The van der Waals surface area contributed by atoms with Crippen molar-refractivity contribution in [3.05, 3.63) is 60.0 Å². The first-order valence-corrected chi connectivity index (χ1v) is 10.3. The number of pyridine rings is 3. The van der Waals surface area contributed by atoms with Gasteiger partial charge in [0.25, 0.3) is 0 Å². The predicted molar refractivity (Wildman–Crippen MR) is 117 cm³/mol. The molecule has 0 aromatic carbocycles. The van der Waals surface area contributed by atoms with E-state index in [4.69, 9.17) is 10.2 Å². The third-order valence-electron chi connectivity index (χ3n) is 5.51. The van der Waals surface area contributed by atoms with Crippen LogP contribution in [-0.4, -0.2) is 34.1 Å². The van der Waals surface area contributed by atoms with Crippen LogP contribution in [0.2, 0.25) is 0 Å². The van der Waals surface area contributed by atoms with Crippen LogP contribution in [0.1, 0.15) is 36.3 Å². The summed E-state index contributed by atoms with van der Waals surface area (Å²) in [5.74, 6) is 1.93. The first-order chi connectivity index (χ1) is 14.8. The van der Waals surface area contributed by atoms with E-state index in [9.17, 15) is 0 Å². The Morgan fingerprint density at radius 2 is 2.00 bits per heavy atom. The summed E-state index contributed by atoms with van der Waals surface area (Å²) >= 11 is 0. The molecule has 5 rings (SSSR count). The Hall–Kier alpha value is -3.50. The van der Waals surface area contributed by atoms with Crippen LogP contribution in [0.4, 0.5) is 17.3 Å². The number of nitrogens with one attached hydrogen (secondary N) is 3. The molecule has 2 aliphatic rings. The average Bonchev–Trinajstić information content (AvgIpc) is 3.51. The Morgan fingerprint density at radius 1 is 1.07 bits per heavy atom. The lowest BCUT2D eigenvalue weighted by atomic mass is 10.1. The van der Waals surface area contributed by atoms with Gasteiger partial charge in [0.05, 0.1) is 23.0 Å². The van der Waals surface area contributed by atoms with E-state index in [1.54, 1.807) is 18.3 Å². The molecule has 0 bridgehead atoms. The van der Waals surface area contributed by atoms with E-state index >= 15 is 0 Å². The summed E-state index contributed by atoms with van der Waals surface area (Å²) in [5.41, 5.74) is 4.72. The second kappa shape index (κ2) is 8.09. The molecule has 30 heavy (non-hydrogen) atoms. The topological polar surface area (TPSA) is 98.5 Å². The van der Waals surface area contributed by atoms with Gasteiger partial charge in [-0.1, -0.05) is 0 Å². The first kappa shape index (κ1) is 18.5. The summed E-state index contributed by atoms with van der Waals surface area (Å²) in [6, 6.07) is 12.4. The second-order valence-electron chi connectivity index (χ2n) is 7.91. The van der Waals surface area contributed by atoms with Gasteiger partial charge >= 0.3 is 0 Å². The fourth-order valence-corrected chi connectivity index (χ4v) is 3.79. The molecule has 1 saturated heterocycles. The Morgan fingerprint density at radius 3 is 2.80 bits per heavy atom. The lowest BCUT2D eigenvalue weighted by molar-refractivity contribution is 0.792. The molecule has 0 amide bonds. The number of nitrogens with zero attached hydrogens (tertiary/aromatic N) is 4. The van der Waals surface area contributed by atoms with Crippen LogP contribution in [0.15, 0.2) is 48.9 Å². The van der Waals surface area contributed by atoms with Crippen molar-refractivity contribution in [3.63, 3.8) is 0 Å². The van der Waals surface area contributed by atoms with Gasteiger partial charge in [-0.3, -0.25) is 4.98 Å². The molecule has 3 aromatic rings. The van der Waals surface area contributed by atoms with Crippen molar-refractivity contribution in [3.8, 4) is 17.3 Å². The van der Waals surface area contributed by atoms with Crippen molar-refractivity contribution in [1.29, 1.82) is 5.26 Å². The summed E-state index contributed by atoms with van der Waals surface area (Å²) in [7, 11) is 0. The van der Waals surface area contributed by atoms with E-state index in [2.05, 4.69) is 50.2 Å². The van der Waals surface area contributed by atoms with Crippen LogP contribution in [0.25, 0.3) is 11.3 Å². The lowest BCUT2D eigenvalue weighted by Gasteiger charge is -2.14. The van der Waals surface area contributed by atoms with E-state index in [-0.39, 0.29) is 0 Å². The third kappa shape index (κ3) is 4.24. The minimum atomic E-state index is 0.434. The van der Waals surface area contributed by atoms with E-state index in [1.165, 1.54) is 18.4 Å². The fourth-order valence-electron chi connectivity index (χ4n) is 3.79. The van der Waals surface area contributed by atoms with Crippen LogP contribution in [-0.2, 0) is 0 Å². The molecule has 150 valence electrons. The minimum Gasteiger partial charge on any atom is -0.380 e. The van der Waals surface area contributed by atoms with Crippen molar-refractivity contribution >= 4 is 17.3 Å². The number of anilines is 3. The predicted octanol–water partition coefficient (Wildman–Crippen LogP) is 3.81. The summed E-state index contributed by atoms with van der Waals surface area (Å²) < 4.78 is 0. The molecule has 4 heterocycles. The van der Waals surface area contributed by atoms with Crippen LogP contribution in [0.5, 0.6) is 0 Å². The summed E-state index contributed by atoms with van der Waals surface area (Å²) in [6.07, 6.45) is 8.88. The highest BCUT2D eigenvalue weighted by Crippen LogP contribution is 2.42. The van der Waals surface area contributed by atoms with Crippen LogP contribution < -0.4 is 16.0 Å². The third-order valence-corrected chi connectivity index (χ3v) is 5.51. The molecule has 3 aromatic heterocycles. The molecule has 1 aliphatic carbocycles. The SMILES string of the molecule is N#Cc1ccnc(Nc2cc(C3CC3)cc(-c3cncc(N[C@H]4CCNC4)c3)n2)c1. The quantitative estimate of drug-likeness (QED) is 0.582. The molecular weight excluding hydrogens is 374 g/mol. The maximum absolute atomic E-state index is 9.14. The highest BCUT2D eigenvalue weighted by Gasteiger charge is 2.25. The number of nitriles is 1. The van der Waals surface area contributed by atoms with Gasteiger partial charge < -0.3 is 16.0 Å². The largest absolute Gasteiger partial charge is 0.380 e. The van der Waals surface area contributed by atoms with Crippen LogP contribution >= 0.6 is 0 Å². The average molecular weight is 397 g/mol. The monoisotopic (exact) mass is 397 g/mol. The van der Waals surface area contributed by atoms with Gasteiger partial charge in [0.2, 0.25) is 0 Å². The van der Waals surface area contributed by atoms with Crippen molar-refractivity contribution in [2.24, 2.45) is 0 Å². The number of rotatable bonds is 6. The molecular formula is C23H23N7. The molecule has 0 spiro atoms. The normalized spacial score (nSPS) is 18.0. The zero-order chi connectivity index (χ0) is 20.3. The summed E-state index contributed by atoms with van der Waals surface area (Å²) in [6.45, 7) is 2.02. The van der Waals surface area contributed by atoms with Gasteiger partial charge in [-0.25, -0.2) is 9.97 Å². The maximum Gasteiger partial charge on any atom is 0.132 e. The lowest BCUT2D eigenvalue weighted by Crippen LogP contribution is -2.22. The van der Waals surface area contributed by atoms with Crippen LogP contribution in [0, 0.1) is 11.3 Å². The second-order valence-corrected chi connectivity index (χ2v) is 7.91. The number of hydrogen-bond donors (Lipinski definition) is 3. The van der Waals surface area contributed by atoms with E-state index in [0.717, 1.165) is 42.3 Å². The summed E-state index contributed by atoms with van der Waals surface area (Å²) in [4.78, 5) is 13.6. The van der Waals surface area contributed by atoms with Gasteiger partial charge in [-0.05, 0) is 67.6 Å². The van der Waals surface area contributed by atoms with Gasteiger partial charge in [-0.2, -0.15) is 5.26 Å². The number of hydrogen-bond acceptors (Lipinski definition) is 7. The van der Waals surface area contributed by atoms with Gasteiger partial charge in [0.15, 0.2) is 0 Å². The Kier molecular flexibility index (Phi) is 4.99. The van der Waals surface area contributed by atoms with Crippen molar-refractivity contribution in [1.82, 2.24) is 20.3 Å². The molecule has 2 fully saturated rings. The smallest absolute Gasteiger partial charge is 0.132 e. The van der Waals surface area contributed by atoms with Gasteiger partial charge in [0.1, 0.15) is 11.6 Å². The van der Waals surface area contributed by atoms with Crippen molar-refractivity contribution in [2.75, 3.05) is 23.7 Å². The van der Waals surface area contributed by atoms with E-state index in [1.807, 2.05) is 12.4 Å². The van der Waals surface area contributed by atoms with Gasteiger partial charge in [0, 0.05) is 36.7 Å². The standard InChI is InChI=1S/C23H23N7/c24-11-15-3-6-27-22(7-15)30-23-10-17(16-1-2-16)9-21(29-23)18-8-20(14-26-12-18)28-19-4-5-25-13-19/h3,6-10,12,14,16,19,25,28H,1-2,4-5,13H2,(H,27,29,30)/t19-/m0/s1. The van der Waals surface area contributed by atoms with Gasteiger partial charge in [-0.15, -0.1) is 0 Å². The molecule has 1 saturated carbocycles. The Balaban J connectivity index is 1.45. The van der Waals surface area contributed by atoms with E-state index < -0.39 is 0 Å². The zero-order valence-corrected chi connectivity index (χ0v) is 16.6. The molecule has 7 nitrogen and oxygen atoms in total. The Bertz CT molecular complexity index is 1090. The molecule has 1 atom stereocenters. The Labute approximate surface area is 175 Å². The molecule has 0 radical (unpaired) electrons. The molecule has 7 heteroatoms. The molecule has 0 unspecified atom stereocenters. The minimum absolute atomic E-state index is 0.434. The van der Waals surface area contributed by atoms with Crippen molar-refractivity contribution in [2.45, 2.75) is 31.2 Å². The number of aromatic nitrogens is 3. The fraction of sp³-hybridized carbons (Fsp3) is 0.304. The highest BCUT2D eigenvalue weighted by molar-refractivity contribution is 5.68. The zero-order valence-electron chi connectivity index (χ0n) is 16.6.